The molecule has 2 heteroatoms. The predicted octanol–water partition coefficient (Wildman–Crippen LogP) is 3.40. The fourth-order valence-electron chi connectivity index (χ4n) is 4.32. The summed E-state index contributed by atoms with van der Waals surface area (Å²) in [6.45, 7) is 9.28. The molecule has 0 radical (unpaired) electrons. The number of fused-ring (bicyclic) bond motifs is 1. The molecule has 2 rings (SSSR count). The molecular formula is C16H32N2. The topological polar surface area (TPSA) is 29.3 Å². The molecule has 1 saturated carbocycles. The van der Waals surface area contributed by atoms with Crippen molar-refractivity contribution in [3.63, 3.8) is 0 Å². The molecule has 2 N–H and O–H groups in total. The van der Waals surface area contributed by atoms with E-state index in [4.69, 9.17) is 5.73 Å². The fraction of sp³-hybridized carbons (Fsp3) is 1.00. The lowest BCUT2D eigenvalue weighted by Crippen LogP contribution is -2.49. The lowest BCUT2D eigenvalue weighted by atomic mass is 9.78. The maximum atomic E-state index is 6.15. The molecule has 0 aromatic rings. The number of likely N-dealkylation sites (tertiary alicyclic amines) is 1. The van der Waals surface area contributed by atoms with Crippen molar-refractivity contribution in [3.05, 3.63) is 0 Å². The second kappa shape index (κ2) is 5.92. The van der Waals surface area contributed by atoms with Crippen molar-refractivity contribution in [2.45, 2.75) is 77.3 Å². The van der Waals surface area contributed by atoms with E-state index in [0.717, 1.165) is 24.3 Å². The third-order valence-corrected chi connectivity index (χ3v) is 4.78. The molecule has 18 heavy (non-hydrogen) atoms. The SMILES string of the molecule is CC(CN1CCCC2CCCCC21)CC(C)(C)N. The summed E-state index contributed by atoms with van der Waals surface area (Å²) in [6.07, 6.45) is 9.90. The van der Waals surface area contributed by atoms with Crippen molar-refractivity contribution in [1.29, 1.82) is 0 Å². The number of rotatable bonds is 4. The van der Waals surface area contributed by atoms with Gasteiger partial charge in [0.1, 0.15) is 0 Å². The average molecular weight is 252 g/mol. The maximum absolute atomic E-state index is 6.15. The van der Waals surface area contributed by atoms with Crippen LogP contribution in [0.25, 0.3) is 0 Å². The largest absolute Gasteiger partial charge is 0.326 e. The van der Waals surface area contributed by atoms with Gasteiger partial charge in [-0.25, -0.2) is 0 Å². The summed E-state index contributed by atoms with van der Waals surface area (Å²) in [5.41, 5.74) is 6.14. The van der Waals surface area contributed by atoms with Gasteiger partial charge < -0.3 is 5.73 Å². The first-order valence-electron chi connectivity index (χ1n) is 7.98. The highest BCUT2D eigenvalue weighted by Crippen LogP contribution is 2.35. The minimum absolute atomic E-state index is 0.0127. The molecule has 2 aliphatic rings. The third-order valence-electron chi connectivity index (χ3n) is 4.78. The van der Waals surface area contributed by atoms with Crippen LogP contribution in [0.3, 0.4) is 0 Å². The van der Waals surface area contributed by atoms with Gasteiger partial charge in [-0.15, -0.1) is 0 Å². The molecule has 1 saturated heterocycles. The Balaban J connectivity index is 1.87. The predicted molar refractivity (Wildman–Crippen MR) is 78.6 cm³/mol. The van der Waals surface area contributed by atoms with Crippen molar-refractivity contribution in [2.75, 3.05) is 13.1 Å². The lowest BCUT2D eigenvalue weighted by molar-refractivity contribution is 0.0469. The van der Waals surface area contributed by atoms with Gasteiger partial charge in [-0.1, -0.05) is 19.8 Å². The molecule has 106 valence electrons. The Bertz CT molecular complexity index is 254. The van der Waals surface area contributed by atoms with Crippen LogP contribution in [0.15, 0.2) is 0 Å². The normalized spacial score (nSPS) is 32.0. The Labute approximate surface area is 113 Å². The molecule has 0 aromatic carbocycles. The Hall–Kier alpha value is -0.0800. The minimum atomic E-state index is -0.0127. The summed E-state index contributed by atoms with van der Waals surface area (Å²) in [6, 6.07) is 0.899. The zero-order chi connectivity index (χ0) is 13.2. The Kier molecular flexibility index (Phi) is 4.71. The second-order valence-electron chi connectivity index (χ2n) is 7.55. The van der Waals surface area contributed by atoms with Gasteiger partial charge in [0, 0.05) is 18.1 Å². The quantitative estimate of drug-likeness (QED) is 0.831. The van der Waals surface area contributed by atoms with Crippen LogP contribution in [0, 0.1) is 11.8 Å². The van der Waals surface area contributed by atoms with Crippen molar-refractivity contribution in [1.82, 2.24) is 4.90 Å². The van der Waals surface area contributed by atoms with Gasteiger partial charge in [0.05, 0.1) is 0 Å². The highest BCUT2D eigenvalue weighted by Gasteiger charge is 2.33. The number of hydrogen-bond acceptors (Lipinski definition) is 2. The van der Waals surface area contributed by atoms with Gasteiger partial charge in [0.2, 0.25) is 0 Å². The van der Waals surface area contributed by atoms with Crippen LogP contribution < -0.4 is 5.73 Å². The van der Waals surface area contributed by atoms with Gasteiger partial charge in [-0.3, -0.25) is 4.90 Å². The van der Waals surface area contributed by atoms with Gasteiger partial charge in [0.25, 0.3) is 0 Å². The Morgan fingerprint density at radius 1 is 1.17 bits per heavy atom. The van der Waals surface area contributed by atoms with Gasteiger partial charge >= 0.3 is 0 Å². The van der Waals surface area contributed by atoms with Crippen molar-refractivity contribution in [3.8, 4) is 0 Å². The molecule has 0 bridgehead atoms. The van der Waals surface area contributed by atoms with E-state index in [1.54, 1.807) is 0 Å². The molecule has 1 heterocycles. The molecule has 3 unspecified atom stereocenters. The van der Waals surface area contributed by atoms with Crippen LogP contribution in [0.2, 0.25) is 0 Å². The number of nitrogens with zero attached hydrogens (tertiary/aromatic N) is 1. The first-order chi connectivity index (χ1) is 8.46. The third kappa shape index (κ3) is 3.96. The van der Waals surface area contributed by atoms with Crippen molar-refractivity contribution >= 4 is 0 Å². The standard InChI is InChI=1S/C16H32N2/c1-13(11-16(2,3)17)12-18-10-6-8-14-7-4-5-9-15(14)18/h13-15H,4-12,17H2,1-3H3. The van der Waals surface area contributed by atoms with E-state index in [-0.39, 0.29) is 5.54 Å². The summed E-state index contributed by atoms with van der Waals surface area (Å²) in [7, 11) is 0. The molecule has 2 fully saturated rings. The van der Waals surface area contributed by atoms with E-state index in [1.807, 2.05) is 0 Å². The van der Waals surface area contributed by atoms with E-state index < -0.39 is 0 Å². The van der Waals surface area contributed by atoms with Crippen LogP contribution in [0.4, 0.5) is 0 Å². The Morgan fingerprint density at radius 2 is 1.83 bits per heavy atom. The molecule has 0 amide bonds. The summed E-state index contributed by atoms with van der Waals surface area (Å²) in [4.78, 5) is 2.80. The Morgan fingerprint density at radius 3 is 2.56 bits per heavy atom. The van der Waals surface area contributed by atoms with E-state index in [2.05, 4.69) is 25.7 Å². The lowest BCUT2D eigenvalue weighted by Gasteiger charge is -2.45. The minimum Gasteiger partial charge on any atom is -0.326 e. The summed E-state index contributed by atoms with van der Waals surface area (Å²) in [5.74, 6) is 1.73. The second-order valence-corrected chi connectivity index (χ2v) is 7.55. The first kappa shape index (κ1) is 14.3. The molecule has 0 aromatic heterocycles. The number of piperidine rings is 1. The highest BCUT2D eigenvalue weighted by molar-refractivity contribution is 4.88. The summed E-state index contributed by atoms with van der Waals surface area (Å²) in [5, 5.41) is 0. The summed E-state index contributed by atoms with van der Waals surface area (Å²) >= 11 is 0. The molecule has 1 aliphatic heterocycles. The van der Waals surface area contributed by atoms with Crippen LogP contribution in [-0.2, 0) is 0 Å². The zero-order valence-corrected chi connectivity index (χ0v) is 12.6. The maximum Gasteiger partial charge on any atom is 0.0124 e. The van der Waals surface area contributed by atoms with Crippen LogP contribution in [-0.4, -0.2) is 29.6 Å². The number of hydrogen-bond donors (Lipinski definition) is 1. The average Bonchev–Trinajstić information content (AvgIpc) is 2.27. The van der Waals surface area contributed by atoms with Crippen molar-refractivity contribution in [2.24, 2.45) is 17.6 Å². The molecular weight excluding hydrogens is 220 g/mol. The monoisotopic (exact) mass is 252 g/mol. The zero-order valence-electron chi connectivity index (χ0n) is 12.6. The molecule has 3 atom stereocenters. The van der Waals surface area contributed by atoms with Crippen LogP contribution >= 0.6 is 0 Å². The van der Waals surface area contributed by atoms with Crippen LogP contribution in [0.1, 0.15) is 65.7 Å². The van der Waals surface area contributed by atoms with E-state index in [9.17, 15) is 0 Å². The molecule has 1 aliphatic carbocycles. The van der Waals surface area contributed by atoms with Gasteiger partial charge in [-0.2, -0.15) is 0 Å². The fourth-order valence-corrected chi connectivity index (χ4v) is 4.32. The summed E-state index contributed by atoms with van der Waals surface area (Å²) < 4.78 is 0. The van der Waals surface area contributed by atoms with Crippen molar-refractivity contribution < 1.29 is 0 Å². The highest BCUT2D eigenvalue weighted by atomic mass is 15.2. The van der Waals surface area contributed by atoms with Gasteiger partial charge in [0.15, 0.2) is 0 Å². The molecule has 0 spiro atoms. The van der Waals surface area contributed by atoms with E-state index >= 15 is 0 Å². The van der Waals surface area contributed by atoms with E-state index in [1.165, 1.54) is 51.6 Å². The molecule has 2 nitrogen and oxygen atoms in total. The van der Waals surface area contributed by atoms with Crippen LogP contribution in [0.5, 0.6) is 0 Å². The number of nitrogens with two attached hydrogens (primary N) is 1. The first-order valence-corrected chi connectivity index (χ1v) is 7.98. The van der Waals surface area contributed by atoms with Gasteiger partial charge in [-0.05, 0) is 64.3 Å². The smallest absolute Gasteiger partial charge is 0.0124 e. The van der Waals surface area contributed by atoms with E-state index in [0.29, 0.717) is 0 Å².